The maximum atomic E-state index is 5.06. The molecule has 0 bridgehead atoms. The van der Waals surface area contributed by atoms with Gasteiger partial charge in [0.2, 0.25) is 0 Å². The van der Waals surface area contributed by atoms with E-state index < -0.39 is 0 Å². The fraction of sp³-hybridized carbons (Fsp3) is 0.667. The Morgan fingerprint density at radius 1 is 1.50 bits per heavy atom. The van der Waals surface area contributed by atoms with E-state index in [1.807, 2.05) is 0 Å². The van der Waals surface area contributed by atoms with E-state index in [0.717, 1.165) is 9.52 Å². The molecule has 0 radical (unpaired) electrons. The average Bonchev–Trinajstić information content (AvgIpc) is 2.11. The summed E-state index contributed by atoms with van der Waals surface area (Å²) in [5.74, 6) is 0. The average molecular weight is 174 g/mol. The van der Waals surface area contributed by atoms with Crippen LogP contribution in [-0.4, -0.2) is 9.59 Å². The monoisotopic (exact) mass is 174 g/mol. The van der Waals surface area contributed by atoms with Crippen LogP contribution in [0.5, 0.6) is 0 Å². The summed E-state index contributed by atoms with van der Waals surface area (Å²) in [5.41, 5.74) is 1.07. The Bertz CT molecular complexity index is 266. The van der Waals surface area contributed by atoms with Gasteiger partial charge < -0.3 is 0 Å². The quantitative estimate of drug-likeness (QED) is 0.612. The second-order valence-electron chi connectivity index (χ2n) is 3.19. The molecule has 10 heavy (non-hydrogen) atoms. The van der Waals surface area contributed by atoms with Crippen molar-refractivity contribution in [1.29, 1.82) is 0 Å². The maximum absolute atomic E-state index is 5.06. The molecule has 0 spiro atoms. The number of hydrogen-bond acceptors (Lipinski definition) is 3. The summed E-state index contributed by atoms with van der Waals surface area (Å²) in [6, 6.07) is 0. The van der Waals surface area contributed by atoms with Crippen molar-refractivity contribution in [1.82, 2.24) is 9.59 Å². The fourth-order valence-corrected chi connectivity index (χ4v) is 1.81. The zero-order valence-corrected chi connectivity index (χ0v) is 7.90. The van der Waals surface area contributed by atoms with Gasteiger partial charge in [-0.3, -0.25) is 0 Å². The summed E-state index contributed by atoms with van der Waals surface area (Å²) >= 11 is 6.47. The van der Waals surface area contributed by atoms with Crippen LogP contribution in [0.4, 0.5) is 0 Å². The Kier molecular flexibility index (Phi) is 1.92. The lowest BCUT2D eigenvalue weighted by molar-refractivity contribution is 0.565. The highest BCUT2D eigenvalue weighted by Gasteiger charge is 2.17. The van der Waals surface area contributed by atoms with Gasteiger partial charge in [-0.15, -0.1) is 0 Å². The molecule has 0 aliphatic heterocycles. The molecule has 1 heterocycles. The van der Waals surface area contributed by atoms with Crippen LogP contribution in [0.15, 0.2) is 0 Å². The highest BCUT2D eigenvalue weighted by atomic mass is 32.2. The number of nitrogens with one attached hydrogen (secondary N) is 1. The summed E-state index contributed by atoms with van der Waals surface area (Å²) in [6.45, 7) is 6.31. The first kappa shape index (κ1) is 7.88. The minimum atomic E-state index is 0.0770. The first-order valence-electron chi connectivity index (χ1n) is 3.06. The molecule has 0 saturated heterocycles. The molecule has 1 N–H and O–H groups in total. The summed E-state index contributed by atoms with van der Waals surface area (Å²) in [7, 11) is 0. The minimum absolute atomic E-state index is 0.0770. The molecule has 1 rings (SSSR count). The van der Waals surface area contributed by atoms with E-state index >= 15 is 0 Å². The Hall–Kier alpha value is -0.220. The Morgan fingerprint density at radius 3 is 2.30 bits per heavy atom. The molecular formula is C6H10N2S2. The van der Waals surface area contributed by atoms with Crippen LogP contribution in [0, 0.1) is 3.82 Å². The van der Waals surface area contributed by atoms with Crippen molar-refractivity contribution in [3.8, 4) is 0 Å². The normalized spacial score (nSPS) is 11.9. The molecule has 0 saturated carbocycles. The van der Waals surface area contributed by atoms with Crippen LogP contribution in [0.2, 0.25) is 0 Å². The minimum Gasteiger partial charge on any atom is -0.231 e. The molecule has 0 amide bonds. The van der Waals surface area contributed by atoms with E-state index in [2.05, 4.69) is 30.4 Å². The second-order valence-corrected chi connectivity index (χ2v) is 4.65. The van der Waals surface area contributed by atoms with E-state index in [4.69, 9.17) is 12.2 Å². The molecule has 4 heteroatoms. The third-order valence-electron chi connectivity index (χ3n) is 1.20. The van der Waals surface area contributed by atoms with Crippen LogP contribution >= 0.6 is 23.8 Å². The molecule has 0 aliphatic rings. The van der Waals surface area contributed by atoms with Gasteiger partial charge in [-0.25, -0.2) is 4.49 Å². The standard InChI is InChI=1S/C6H10N2S2/c1-6(2,3)4-5(9)10-8-7-4/h8H,1-3H3. The van der Waals surface area contributed by atoms with Crippen molar-refractivity contribution in [2.45, 2.75) is 26.2 Å². The Labute approximate surface area is 69.4 Å². The third-order valence-corrected chi connectivity index (χ3v) is 2.20. The van der Waals surface area contributed by atoms with Crippen LogP contribution in [-0.2, 0) is 5.41 Å². The maximum Gasteiger partial charge on any atom is 0.132 e. The van der Waals surface area contributed by atoms with Gasteiger partial charge in [-0.1, -0.05) is 33.0 Å². The first-order chi connectivity index (χ1) is 4.52. The van der Waals surface area contributed by atoms with Gasteiger partial charge in [-0.05, 0) is 11.5 Å². The van der Waals surface area contributed by atoms with E-state index in [-0.39, 0.29) is 5.41 Å². The molecule has 0 aromatic carbocycles. The smallest absolute Gasteiger partial charge is 0.132 e. The largest absolute Gasteiger partial charge is 0.231 e. The number of H-pyrrole nitrogens is 1. The van der Waals surface area contributed by atoms with Gasteiger partial charge in [0.15, 0.2) is 0 Å². The number of nitrogens with zero attached hydrogens (tertiary/aromatic N) is 1. The van der Waals surface area contributed by atoms with Crippen molar-refractivity contribution < 1.29 is 0 Å². The van der Waals surface area contributed by atoms with E-state index in [1.54, 1.807) is 0 Å². The lowest BCUT2D eigenvalue weighted by atomic mass is 9.93. The Balaban J connectivity index is 3.18. The lowest BCUT2D eigenvalue weighted by Gasteiger charge is -2.12. The van der Waals surface area contributed by atoms with Crippen LogP contribution < -0.4 is 0 Å². The van der Waals surface area contributed by atoms with E-state index in [9.17, 15) is 0 Å². The molecule has 1 aromatic rings. The number of rotatable bonds is 0. The van der Waals surface area contributed by atoms with Gasteiger partial charge in [0.05, 0.1) is 5.69 Å². The fourth-order valence-electron chi connectivity index (χ4n) is 0.678. The number of aromatic nitrogens is 2. The van der Waals surface area contributed by atoms with Gasteiger partial charge >= 0.3 is 0 Å². The van der Waals surface area contributed by atoms with Crippen LogP contribution in [0.1, 0.15) is 26.5 Å². The van der Waals surface area contributed by atoms with Gasteiger partial charge in [-0.2, -0.15) is 5.10 Å². The second kappa shape index (κ2) is 2.43. The van der Waals surface area contributed by atoms with E-state index in [0.29, 0.717) is 0 Å². The van der Waals surface area contributed by atoms with Crippen molar-refractivity contribution in [2.24, 2.45) is 0 Å². The summed E-state index contributed by atoms with van der Waals surface area (Å²) in [4.78, 5) is 0. The molecule has 1 aromatic heterocycles. The molecule has 56 valence electrons. The van der Waals surface area contributed by atoms with E-state index in [1.165, 1.54) is 11.5 Å². The summed E-state index contributed by atoms with van der Waals surface area (Å²) in [5, 5.41) is 4.08. The van der Waals surface area contributed by atoms with Crippen molar-refractivity contribution in [2.75, 3.05) is 0 Å². The topological polar surface area (TPSA) is 28.7 Å². The van der Waals surface area contributed by atoms with Crippen molar-refractivity contribution in [3.05, 3.63) is 9.52 Å². The predicted octanol–water partition coefficient (Wildman–Crippen LogP) is 2.50. The molecule has 0 unspecified atom stereocenters. The molecular weight excluding hydrogens is 164 g/mol. The summed E-state index contributed by atoms with van der Waals surface area (Å²) in [6.07, 6.45) is 0. The van der Waals surface area contributed by atoms with Crippen molar-refractivity contribution >= 4 is 23.8 Å². The molecule has 2 nitrogen and oxygen atoms in total. The zero-order valence-electron chi connectivity index (χ0n) is 6.26. The van der Waals surface area contributed by atoms with Gasteiger partial charge in [0.25, 0.3) is 0 Å². The highest BCUT2D eigenvalue weighted by Crippen LogP contribution is 2.21. The molecule has 0 atom stereocenters. The SMILES string of the molecule is CC(C)(C)c1n[nH]sc1=S. The van der Waals surface area contributed by atoms with Crippen molar-refractivity contribution in [3.63, 3.8) is 0 Å². The highest BCUT2D eigenvalue weighted by molar-refractivity contribution is 7.73. The molecule has 0 aliphatic carbocycles. The number of hydrogen-bond donors (Lipinski definition) is 1. The van der Waals surface area contributed by atoms with Gasteiger partial charge in [0, 0.05) is 5.41 Å². The lowest BCUT2D eigenvalue weighted by Crippen LogP contribution is -2.11. The first-order valence-corrected chi connectivity index (χ1v) is 4.28. The zero-order chi connectivity index (χ0) is 7.78. The predicted molar refractivity (Wildman–Crippen MR) is 46.0 cm³/mol. The number of aromatic amines is 1. The van der Waals surface area contributed by atoms with Gasteiger partial charge in [0.1, 0.15) is 3.82 Å². The Morgan fingerprint density at radius 2 is 2.10 bits per heavy atom. The summed E-state index contributed by atoms with van der Waals surface area (Å²) < 4.78 is 3.66. The third kappa shape index (κ3) is 1.44. The molecule has 0 fully saturated rings. The van der Waals surface area contributed by atoms with Crippen LogP contribution in [0.25, 0.3) is 0 Å². The van der Waals surface area contributed by atoms with Crippen LogP contribution in [0.3, 0.4) is 0 Å².